The van der Waals surface area contributed by atoms with Crippen molar-refractivity contribution in [3.8, 4) is 11.4 Å². The maximum atomic E-state index is 12.0. The van der Waals surface area contributed by atoms with Crippen molar-refractivity contribution in [3.05, 3.63) is 63.7 Å². The number of ether oxygens (including phenoxy) is 1. The summed E-state index contributed by atoms with van der Waals surface area (Å²) in [5.41, 5.74) is 1.79. The first-order chi connectivity index (χ1) is 11.5. The Kier molecular flexibility index (Phi) is 4.78. The molecule has 0 saturated carbocycles. The Bertz CT molecular complexity index is 896. The standard InChI is InChI=1S/C16H11Cl2N3O3/c1-9-4-2-3-5-10(9)15-20-13(24-21-15)8-23-16(22)14-11(17)6-7-12(18)19-14/h2-7H,8H2,1H3. The number of esters is 1. The molecule has 122 valence electrons. The first-order valence-electron chi connectivity index (χ1n) is 6.92. The second-order valence-corrected chi connectivity index (χ2v) is 5.66. The molecule has 0 bridgehead atoms. The van der Waals surface area contributed by atoms with Gasteiger partial charge in [-0.3, -0.25) is 0 Å². The van der Waals surface area contributed by atoms with Crippen molar-refractivity contribution in [2.24, 2.45) is 0 Å². The Labute approximate surface area is 147 Å². The van der Waals surface area contributed by atoms with Gasteiger partial charge in [0.15, 0.2) is 12.3 Å². The lowest BCUT2D eigenvalue weighted by atomic mass is 10.1. The summed E-state index contributed by atoms with van der Waals surface area (Å²) in [5.74, 6) is -0.129. The van der Waals surface area contributed by atoms with Gasteiger partial charge >= 0.3 is 5.97 Å². The number of nitrogens with zero attached hydrogens (tertiary/aromatic N) is 3. The number of aromatic nitrogens is 3. The number of carbonyl (C=O) groups is 1. The highest BCUT2D eigenvalue weighted by Crippen LogP contribution is 2.21. The van der Waals surface area contributed by atoms with Gasteiger partial charge < -0.3 is 9.26 Å². The van der Waals surface area contributed by atoms with Crippen LogP contribution < -0.4 is 0 Å². The van der Waals surface area contributed by atoms with Gasteiger partial charge in [0.1, 0.15) is 5.15 Å². The van der Waals surface area contributed by atoms with E-state index in [9.17, 15) is 4.79 Å². The van der Waals surface area contributed by atoms with E-state index in [1.165, 1.54) is 12.1 Å². The Morgan fingerprint density at radius 2 is 1.96 bits per heavy atom. The molecule has 6 nitrogen and oxygen atoms in total. The van der Waals surface area contributed by atoms with Crippen LogP contribution in [0.3, 0.4) is 0 Å². The molecule has 8 heteroatoms. The molecule has 0 radical (unpaired) electrons. The maximum Gasteiger partial charge on any atom is 0.359 e. The monoisotopic (exact) mass is 363 g/mol. The van der Waals surface area contributed by atoms with Gasteiger partial charge in [-0.15, -0.1) is 0 Å². The van der Waals surface area contributed by atoms with Crippen molar-refractivity contribution in [1.82, 2.24) is 15.1 Å². The van der Waals surface area contributed by atoms with Gasteiger partial charge in [0.05, 0.1) is 5.02 Å². The Morgan fingerprint density at radius 1 is 1.17 bits per heavy atom. The van der Waals surface area contributed by atoms with E-state index in [0.29, 0.717) is 5.82 Å². The minimum atomic E-state index is -0.724. The molecular formula is C16H11Cl2N3O3. The zero-order valence-electron chi connectivity index (χ0n) is 12.5. The molecule has 24 heavy (non-hydrogen) atoms. The predicted octanol–water partition coefficient (Wildman–Crippen LogP) is 4.10. The number of hydrogen-bond acceptors (Lipinski definition) is 6. The summed E-state index contributed by atoms with van der Waals surface area (Å²) in [4.78, 5) is 20.1. The molecule has 3 rings (SSSR count). The van der Waals surface area contributed by atoms with Crippen molar-refractivity contribution in [3.63, 3.8) is 0 Å². The van der Waals surface area contributed by atoms with E-state index in [1.54, 1.807) is 0 Å². The molecule has 0 atom stereocenters. The molecule has 0 N–H and O–H groups in total. The fourth-order valence-corrected chi connectivity index (χ4v) is 2.33. The van der Waals surface area contributed by atoms with Crippen molar-refractivity contribution in [2.75, 3.05) is 0 Å². The van der Waals surface area contributed by atoms with Crippen LogP contribution in [0.25, 0.3) is 11.4 Å². The second kappa shape index (κ2) is 6.98. The van der Waals surface area contributed by atoms with E-state index in [0.717, 1.165) is 11.1 Å². The normalized spacial score (nSPS) is 10.6. The molecule has 0 amide bonds. The molecule has 2 aromatic heterocycles. The number of benzene rings is 1. The Morgan fingerprint density at radius 3 is 2.75 bits per heavy atom. The minimum absolute atomic E-state index is 0.0668. The van der Waals surface area contributed by atoms with Gasteiger partial charge in [0.25, 0.3) is 5.89 Å². The second-order valence-electron chi connectivity index (χ2n) is 4.87. The zero-order valence-corrected chi connectivity index (χ0v) is 14.0. The highest BCUT2D eigenvalue weighted by atomic mass is 35.5. The van der Waals surface area contributed by atoms with Crippen LogP contribution in [-0.2, 0) is 11.3 Å². The number of rotatable bonds is 4. The van der Waals surface area contributed by atoms with Crippen LogP contribution in [0.4, 0.5) is 0 Å². The van der Waals surface area contributed by atoms with E-state index >= 15 is 0 Å². The first kappa shape index (κ1) is 16.4. The molecule has 1 aromatic carbocycles. The number of hydrogen-bond donors (Lipinski definition) is 0. The molecule has 0 aliphatic carbocycles. The summed E-state index contributed by atoms with van der Waals surface area (Å²) in [6.45, 7) is 1.75. The van der Waals surface area contributed by atoms with E-state index in [4.69, 9.17) is 32.5 Å². The minimum Gasteiger partial charge on any atom is -0.451 e. The van der Waals surface area contributed by atoms with Gasteiger partial charge in [-0.1, -0.05) is 52.6 Å². The summed E-state index contributed by atoms with van der Waals surface area (Å²) in [5, 5.41) is 4.18. The number of pyridine rings is 1. The molecular weight excluding hydrogens is 353 g/mol. The Hall–Kier alpha value is -2.44. The van der Waals surface area contributed by atoms with Crippen molar-refractivity contribution in [2.45, 2.75) is 13.5 Å². The molecule has 2 heterocycles. The van der Waals surface area contributed by atoms with Crippen LogP contribution >= 0.6 is 23.2 Å². The smallest absolute Gasteiger partial charge is 0.359 e. The molecule has 0 aliphatic heterocycles. The maximum absolute atomic E-state index is 12.0. The fraction of sp³-hybridized carbons (Fsp3) is 0.125. The number of halogens is 2. The SMILES string of the molecule is Cc1ccccc1-c1noc(COC(=O)c2nc(Cl)ccc2Cl)n1. The molecule has 0 fully saturated rings. The molecule has 3 aromatic rings. The third-order valence-electron chi connectivity index (χ3n) is 3.19. The van der Waals surface area contributed by atoms with Crippen LogP contribution in [0.1, 0.15) is 21.9 Å². The quantitative estimate of drug-likeness (QED) is 0.512. The van der Waals surface area contributed by atoms with Crippen LogP contribution in [0, 0.1) is 6.92 Å². The lowest BCUT2D eigenvalue weighted by Gasteiger charge is -2.03. The van der Waals surface area contributed by atoms with Crippen molar-refractivity contribution >= 4 is 29.2 Å². The fourth-order valence-electron chi connectivity index (χ4n) is 2.00. The van der Waals surface area contributed by atoms with E-state index in [-0.39, 0.29) is 28.4 Å². The van der Waals surface area contributed by atoms with Crippen molar-refractivity contribution < 1.29 is 14.1 Å². The zero-order chi connectivity index (χ0) is 17.1. The highest BCUT2D eigenvalue weighted by Gasteiger charge is 2.17. The van der Waals surface area contributed by atoms with Crippen LogP contribution in [0.2, 0.25) is 10.2 Å². The van der Waals surface area contributed by atoms with Crippen LogP contribution in [0.15, 0.2) is 40.9 Å². The van der Waals surface area contributed by atoms with Gasteiger partial charge in [0, 0.05) is 5.56 Å². The molecule has 0 saturated heterocycles. The molecule has 0 unspecified atom stereocenters. The molecule has 0 spiro atoms. The van der Waals surface area contributed by atoms with E-state index in [2.05, 4.69) is 15.1 Å². The predicted molar refractivity (Wildman–Crippen MR) is 87.8 cm³/mol. The number of carbonyl (C=O) groups excluding carboxylic acids is 1. The van der Waals surface area contributed by atoms with Gasteiger partial charge in [0.2, 0.25) is 5.82 Å². The summed E-state index contributed by atoms with van der Waals surface area (Å²) in [6.07, 6.45) is 0. The average Bonchev–Trinajstić information content (AvgIpc) is 3.04. The van der Waals surface area contributed by atoms with Gasteiger partial charge in [-0.25, -0.2) is 9.78 Å². The summed E-state index contributed by atoms with van der Waals surface area (Å²) in [6, 6.07) is 10.6. The largest absolute Gasteiger partial charge is 0.451 e. The third-order valence-corrected chi connectivity index (χ3v) is 3.70. The highest BCUT2D eigenvalue weighted by molar-refractivity contribution is 6.34. The van der Waals surface area contributed by atoms with Crippen molar-refractivity contribution in [1.29, 1.82) is 0 Å². The topological polar surface area (TPSA) is 78.1 Å². The first-order valence-corrected chi connectivity index (χ1v) is 7.68. The molecule has 0 aliphatic rings. The number of aryl methyl sites for hydroxylation is 1. The van der Waals surface area contributed by atoms with Gasteiger partial charge in [-0.05, 0) is 24.6 Å². The summed E-state index contributed by atoms with van der Waals surface area (Å²) >= 11 is 11.6. The van der Waals surface area contributed by atoms with E-state index in [1.807, 2.05) is 31.2 Å². The Balaban J connectivity index is 1.71. The summed E-state index contributed by atoms with van der Waals surface area (Å²) < 4.78 is 10.2. The third kappa shape index (κ3) is 3.55. The van der Waals surface area contributed by atoms with Crippen LogP contribution in [0.5, 0.6) is 0 Å². The summed E-state index contributed by atoms with van der Waals surface area (Å²) in [7, 11) is 0. The van der Waals surface area contributed by atoms with Crippen LogP contribution in [-0.4, -0.2) is 21.1 Å². The van der Waals surface area contributed by atoms with Gasteiger partial charge in [-0.2, -0.15) is 4.98 Å². The van der Waals surface area contributed by atoms with E-state index < -0.39 is 5.97 Å². The lowest BCUT2D eigenvalue weighted by Crippen LogP contribution is -2.08. The lowest BCUT2D eigenvalue weighted by molar-refractivity contribution is 0.0423. The average molecular weight is 364 g/mol.